The standard InChI is InChI=1S/C10H13N3O2/c1-10(15,7-14)6-13-8-3-2-4-12-9(8)5-11/h2-4,13-15H,6-7H2,1H3. The first-order valence-corrected chi connectivity index (χ1v) is 4.51. The van der Waals surface area contributed by atoms with Gasteiger partial charge in [0.15, 0.2) is 5.69 Å². The van der Waals surface area contributed by atoms with E-state index < -0.39 is 5.60 Å². The van der Waals surface area contributed by atoms with E-state index in [2.05, 4.69) is 10.3 Å². The molecule has 1 aromatic heterocycles. The summed E-state index contributed by atoms with van der Waals surface area (Å²) in [5, 5.41) is 30.0. The highest BCUT2D eigenvalue weighted by atomic mass is 16.3. The van der Waals surface area contributed by atoms with Gasteiger partial charge in [-0.1, -0.05) is 0 Å². The van der Waals surface area contributed by atoms with Crippen molar-refractivity contribution in [2.24, 2.45) is 0 Å². The Balaban J connectivity index is 2.70. The summed E-state index contributed by atoms with van der Waals surface area (Å²) < 4.78 is 0. The van der Waals surface area contributed by atoms with Crippen LogP contribution in [0.15, 0.2) is 18.3 Å². The van der Waals surface area contributed by atoms with Gasteiger partial charge in [0.1, 0.15) is 11.7 Å². The summed E-state index contributed by atoms with van der Waals surface area (Å²) >= 11 is 0. The molecule has 5 nitrogen and oxygen atoms in total. The molecule has 0 aromatic carbocycles. The molecule has 15 heavy (non-hydrogen) atoms. The van der Waals surface area contributed by atoms with E-state index in [4.69, 9.17) is 10.4 Å². The third-order valence-corrected chi connectivity index (χ3v) is 1.91. The lowest BCUT2D eigenvalue weighted by Crippen LogP contribution is -2.37. The van der Waals surface area contributed by atoms with Crippen LogP contribution < -0.4 is 5.32 Å². The molecule has 0 saturated heterocycles. The number of anilines is 1. The monoisotopic (exact) mass is 207 g/mol. The van der Waals surface area contributed by atoms with Crippen LogP contribution in [0, 0.1) is 11.3 Å². The Hall–Kier alpha value is -1.64. The third-order valence-electron chi connectivity index (χ3n) is 1.91. The van der Waals surface area contributed by atoms with E-state index in [1.54, 1.807) is 12.1 Å². The van der Waals surface area contributed by atoms with Gasteiger partial charge in [-0.15, -0.1) is 0 Å². The topological polar surface area (TPSA) is 89.2 Å². The predicted molar refractivity (Wildman–Crippen MR) is 55.2 cm³/mol. The van der Waals surface area contributed by atoms with Crippen molar-refractivity contribution in [1.29, 1.82) is 5.26 Å². The van der Waals surface area contributed by atoms with Crippen LogP contribution >= 0.6 is 0 Å². The lowest BCUT2D eigenvalue weighted by Gasteiger charge is -2.21. The Morgan fingerprint density at radius 2 is 2.40 bits per heavy atom. The minimum atomic E-state index is -1.21. The van der Waals surface area contributed by atoms with Gasteiger partial charge in [-0.3, -0.25) is 0 Å². The van der Waals surface area contributed by atoms with Crippen molar-refractivity contribution in [1.82, 2.24) is 4.98 Å². The van der Waals surface area contributed by atoms with Crippen LogP contribution in [0.4, 0.5) is 5.69 Å². The summed E-state index contributed by atoms with van der Waals surface area (Å²) in [7, 11) is 0. The number of aromatic nitrogens is 1. The van der Waals surface area contributed by atoms with Gasteiger partial charge in [-0.25, -0.2) is 4.98 Å². The zero-order valence-electron chi connectivity index (χ0n) is 8.44. The minimum absolute atomic E-state index is 0.157. The van der Waals surface area contributed by atoms with Crippen molar-refractivity contribution in [2.45, 2.75) is 12.5 Å². The lowest BCUT2D eigenvalue weighted by molar-refractivity contribution is 0.0132. The average molecular weight is 207 g/mol. The fraction of sp³-hybridized carbons (Fsp3) is 0.400. The molecule has 0 aliphatic heterocycles. The summed E-state index contributed by atoms with van der Waals surface area (Å²) in [6, 6.07) is 5.32. The summed E-state index contributed by atoms with van der Waals surface area (Å²) in [6.07, 6.45) is 1.52. The van der Waals surface area contributed by atoms with E-state index in [1.165, 1.54) is 13.1 Å². The first-order valence-electron chi connectivity index (χ1n) is 4.51. The maximum Gasteiger partial charge on any atom is 0.163 e. The fourth-order valence-corrected chi connectivity index (χ4v) is 0.979. The number of aliphatic hydroxyl groups excluding tert-OH is 1. The second-order valence-corrected chi connectivity index (χ2v) is 3.52. The van der Waals surface area contributed by atoms with Crippen molar-refractivity contribution in [2.75, 3.05) is 18.5 Å². The predicted octanol–water partition coefficient (Wildman–Crippen LogP) is 0.108. The van der Waals surface area contributed by atoms with E-state index in [1.807, 2.05) is 6.07 Å². The normalized spacial score (nSPS) is 14.0. The largest absolute Gasteiger partial charge is 0.393 e. The first-order chi connectivity index (χ1) is 7.09. The molecule has 0 amide bonds. The highest BCUT2D eigenvalue weighted by Gasteiger charge is 2.18. The molecule has 0 spiro atoms. The maximum absolute atomic E-state index is 9.53. The number of hydrogen-bond donors (Lipinski definition) is 3. The number of aliphatic hydroxyl groups is 2. The van der Waals surface area contributed by atoms with Gasteiger partial charge in [0.05, 0.1) is 12.3 Å². The molecule has 1 aromatic rings. The van der Waals surface area contributed by atoms with Crippen LogP contribution in [-0.4, -0.2) is 33.9 Å². The Morgan fingerprint density at radius 3 is 3.00 bits per heavy atom. The Labute approximate surface area is 88.0 Å². The summed E-state index contributed by atoms with van der Waals surface area (Å²) in [4.78, 5) is 3.86. The molecule has 0 aliphatic rings. The number of hydrogen-bond acceptors (Lipinski definition) is 5. The molecule has 0 bridgehead atoms. The van der Waals surface area contributed by atoms with Gasteiger partial charge in [-0.05, 0) is 19.1 Å². The van der Waals surface area contributed by atoms with Gasteiger partial charge < -0.3 is 15.5 Å². The Morgan fingerprint density at radius 1 is 1.67 bits per heavy atom. The van der Waals surface area contributed by atoms with E-state index >= 15 is 0 Å². The van der Waals surface area contributed by atoms with Crippen molar-refractivity contribution in [3.8, 4) is 6.07 Å². The highest BCUT2D eigenvalue weighted by molar-refractivity contribution is 5.53. The van der Waals surface area contributed by atoms with Crippen molar-refractivity contribution in [3.05, 3.63) is 24.0 Å². The second kappa shape index (κ2) is 4.73. The molecule has 1 heterocycles. The summed E-state index contributed by atoms with van der Waals surface area (Å²) in [5.41, 5.74) is -0.386. The molecule has 0 saturated carbocycles. The number of nitriles is 1. The van der Waals surface area contributed by atoms with E-state index in [-0.39, 0.29) is 18.8 Å². The highest BCUT2D eigenvalue weighted by Crippen LogP contribution is 2.12. The SMILES string of the molecule is CC(O)(CO)CNc1cccnc1C#N. The lowest BCUT2D eigenvalue weighted by atomic mass is 10.1. The van der Waals surface area contributed by atoms with E-state index in [0.717, 1.165) is 0 Å². The number of nitrogens with zero attached hydrogens (tertiary/aromatic N) is 2. The van der Waals surface area contributed by atoms with Gasteiger partial charge in [0.25, 0.3) is 0 Å². The minimum Gasteiger partial charge on any atom is -0.393 e. The molecule has 5 heteroatoms. The second-order valence-electron chi connectivity index (χ2n) is 3.52. The fourth-order valence-electron chi connectivity index (χ4n) is 0.979. The molecule has 0 radical (unpaired) electrons. The summed E-state index contributed by atoms with van der Waals surface area (Å²) in [5.74, 6) is 0. The van der Waals surface area contributed by atoms with Crippen LogP contribution in [0.2, 0.25) is 0 Å². The molecule has 0 aliphatic carbocycles. The molecular weight excluding hydrogens is 194 g/mol. The van der Waals surface area contributed by atoms with Crippen LogP contribution in [-0.2, 0) is 0 Å². The third kappa shape index (κ3) is 3.20. The molecule has 0 fully saturated rings. The zero-order chi connectivity index (χ0) is 11.3. The molecule has 1 atom stereocenters. The number of nitrogens with one attached hydrogen (secondary N) is 1. The van der Waals surface area contributed by atoms with Gasteiger partial charge in [0, 0.05) is 12.7 Å². The average Bonchev–Trinajstić information content (AvgIpc) is 2.27. The quantitative estimate of drug-likeness (QED) is 0.652. The molecule has 80 valence electrons. The smallest absolute Gasteiger partial charge is 0.163 e. The van der Waals surface area contributed by atoms with Crippen LogP contribution in [0.5, 0.6) is 0 Å². The Bertz CT molecular complexity index is 371. The van der Waals surface area contributed by atoms with Crippen molar-refractivity contribution >= 4 is 5.69 Å². The number of pyridine rings is 1. The maximum atomic E-state index is 9.53. The molecule has 1 rings (SSSR count). The van der Waals surface area contributed by atoms with Crippen LogP contribution in [0.25, 0.3) is 0 Å². The van der Waals surface area contributed by atoms with Gasteiger partial charge >= 0.3 is 0 Å². The van der Waals surface area contributed by atoms with E-state index in [9.17, 15) is 5.11 Å². The van der Waals surface area contributed by atoms with Gasteiger partial charge in [0.2, 0.25) is 0 Å². The van der Waals surface area contributed by atoms with E-state index in [0.29, 0.717) is 5.69 Å². The molecule has 3 N–H and O–H groups in total. The molecule has 1 unspecified atom stereocenters. The van der Waals surface area contributed by atoms with Crippen LogP contribution in [0.1, 0.15) is 12.6 Å². The van der Waals surface area contributed by atoms with Crippen molar-refractivity contribution < 1.29 is 10.2 Å². The van der Waals surface area contributed by atoms with Gasteiger partial charge in [-0.2, -0.15) is 5.26 Å². The first kappa shape index (κ1) is 11.4. The Kier molecular flexibility index (Phi) is 3.61. The zero-order valence-corrected chi connectivity index (χ0v) is 8.44. The molecular formula is C10H13N3O2. The van der Waals surface area contributed by atoms with Crippen molar-refractivity contribution in [3.63, 3.8) is 0 Å². The number of rotatable bonds is 4. The summed E-state index contributed by atoms with van der Waals surface area (Å²) in [6.45, 7) is 1.31. The van der Waals surface area contributed by atoms with Crippen LogP contribution in [0.3, 0.4) is 0 Å².